The predicted molar refractivity (Wildman–Crippen MR) is 91.6 cm³/mol. The van der Waals surface area contributed by atoms with Crippen LogP contribution in [0.4, 0.5) is 0 Å². The quantitative estimate of drug-likeness (QED) is 0.749. The highest BCUT2D eigenvalue weighted by Crippen LogP contribution is 2.25. The van der Waals surface area contributed by atoms with Gasteiger partial charge in [0.05, 0.1) is 7.11 Å². The Balaban J connectivity index is 1.71. The number of amides is 1. The van der Waals surface area contributed by atoms with Crippen LogP contribution in [0.15, 0.2) is 47.4 Å². The standard InChI is InChI=1S/C18H22N2O4/c1-14-8-11-20(18(22)12-14)10-5-9-19-17(21)13-24-16-7-4-3-6-15(16)23-2/h3-4,6-8,11-12H,5,9-10,13H2,1-2H3,(H,19,21). The van der Waals surface area contributed by atoms with Crippen molar-refractivity contribution in [2.75, 3.05) is 20.3 Å². The van der Waals surface area contributed by atoms with Crippen LogP contribution in [0.2, 0.25) is 0 Å². The van der Waals surface area contributed by atoms with Gasteiger partial charge in [-0.2, -0.15) is 0 Å². The van der Waals surface area contributed by atoms with Gasteiger partial charge in [-0.15, -0.1) is 0 Å². The Labute approximate surface area is 141 Å². The number of carbonyl (C=O) groups is 1. The number of para-hydroxylation sites is 2. The molecule has 1 amide bonds. The second-order valence-corrected chi connectivity index (χ2v) is 5.38. The summed E-state index contributed by atoms with van der Waals surface area (Å²) in [5.41, 5.74) is 0.916. The van der Waals surface area contributed by atoms with Gasteiger partial charge in [0.1, 0.15) is 0 Å². The molecule has 0 saturated carbocycles. The summed E-state index contributed by atoms with van der Waals surface area (Å²) < 4.78 is 12.2. The van der Waals surface area contributed by atoms with Gasteiger partial charge in [-0.1, -0.05) is 12.1 Å². The summed E-state index contributed by atoms with van der Waals surface area (Å²) in [6.07, 6.45) is 2.44. The van der Waals surface area contributed by atoms with Crippen molar-refractivity contribution in [1.82, 2.24) is 9.88 Å². The molecule has 0 spiro atoms. The molecule has 0 saturated heterocycles. The van der Waals surface area contributed by atoms with Crippen LogP contribution in [0.1, 0.15) is 12.0 Å². The number of carbonyl (C=O) groups excluding carboxylic acids is 1. The van der Waals surface area contributed by atoms with E-state index in [4.69, 9.17) is 9.47 Å². The van der Waals surface area contributed by atoms with E-state index in [0.29, 0.717) is 31.0 Å². The summed E-state index contributed by atoms with van der Waals surface area (Å²) in [5, 5.41) is 2.77. The number of nitrogens with zero attached hydrogens (tertiary/aromatic N) is 1. The average Bonchev–Trinajstić information content (AvgIpc) is 2.58. The number of rotatable bonds is 8. The third-order valence-electron chi connectivity index (χ3n) is 3.48. The van der Waals surface area contributed by atoms with Crippen LogP contribution >= 0.6 is 0 Å². The Morgan fingerprint density at radius 3 is 2.67 bits per heavy atom. The minimum atomic E-state index is -0.211. The SMILES string of the molecule is COc1ccccc1OCC(=O)NCCCn1ccc(C)cc1=O. The van der Waals surface area contributed by atoms with Crippen molar-refractivity contribution in [2.45, 2.75) is 19.9 Å². The molecule has 0 fully saturated rings. The van der Waals surface area contributed by atoms with Crippen molar-refractivity contribution in [3.63, 3.8) is 0 Å². The lowest BCUT2D eigenvalue weighted by Crippen LogP contribution is -2.31. The molecule has 1 aromatic heterocycles. The Morgan fingerprint density at radius 1 is 1.21 bits per heavy atom. The number of aryl methyl sites for hydroxylation is 2. The average molecular weight is 330 g/mol. The molecule has 1 N–H and O–H groups in total. The van der Waals surface area contributed by atoms with Crippen LogP contribution in [0, 0.1) is 6.92 Å². The number of pyridine rings is 1. The normalized spacial score (nSPS) is 10.2. The van der Waals surface area contributed by atoms with E-state index in [-0.39, 0.29) is 18.1 Å². The van der Waals surface area contributed by atoms with Crippen LogP contribution in [0.3, 0.4) is 0 Å². The largest absolute Gasteiger partial charge is 0.493 e. The molecule has 0 unspecified atom stereocenters. The molecule has 128 valence electrons. The lowest BCUT2D eigenvalue weighted by molar-refractivity contribution is -0.123. The van der Waals surface area contributed by atoms with E-state index in [9.17, 15) is 9.59 Å². The number of nitrogens with one attached hydrogen (secondary N) is 1. The molecule has 1 heterocycles. The highest BCUT2D eigenvalue weighted by Gasteiger charge is 2.06. The van der Waals surface area contributed by atoms with E-state index in [1.54, 1.807) is 36.1 Å². The van der Waals surface area contributed by atoms with Crippen LogP contribution in [0.25, 0.3) is 0 Å². The first-order valence-corrected chi connectivity index (χ1v) is 7.80. The second kappa shape index (κ2) is 8.76. The number of benzene rings is 1. The maximum Gasteiger partial charge on any atom is 0.257 e. The second-order valence-electron chi connectivity index (χ2n) is 5.38. The fourth-order valence-electron chi connectivity index (χ4n) is 2.20. The third-order valence-corrected chi connectivity index (χ3v) is 3.48. The number of ether oxygens (including phenoxy) is 2. The predicted octanol–water partition coefficient (Wildman–Crippen LogP) is 1.75. The maximum absolute atomic E-state index is 11.8. The Hall–Kier alpha value is -2.76. The lowest BCUT2D eigenvalue weighted by atomic mass is 10.3. The van der Waals surface area contributed by atoms with Crippen LogP contribution in [-0.2, 0) is 11.3 Å². The van der Waals surface area contributed by atoms with Crippen molar-refractivity contribution in [1.29, 1.82) is 0 Å². The van der Waals surface area contributed by atoms with Crippen molar-refractivity contribution in [3.05, 3.63) is 58.5 Å². The molecule has 0 aliphatic rings. The van der Waals surface area contributed by atoms with Gasteiger partial charge in [0, 0.05) is 25.4 Å². The molecule has 6 nitrogen and oxygen atoms in total. The van der Waals surface area contributed by atoms with Gasteiger partial charge in [-0.3, -0.25) is 9.59 Å². The molecular formula is C18H22N2O4. The van der Waals surface area contributed by atoms with Gasteiger partial charge in [0.2, 0.25) is 0 Å². The van der Waals surface area contributed by atoms with E-state index < -0.39 is 0 Å². The maximum atomic E-state index is 11.8. The first-order chi connectivity index (χ1) is 11.6. The summed E-state index contributed by atoms with van der Waals surface area (Å²) in [5.74, 6) is 0.905. The number of methoxy groups -OCH3 is 1. The summed E-state index contributed by atoms with van der Waals surface area (Å²) >= 11 is 0. The van der Waals surface area contributed by atoms with Crippen molar-refractivity contribution < 1.29 is 14.3 Å². The Kier molecular flexibility index (Phi) is 6.42. The number of hydrogen-bond donors (Lipinski definition) is 1. The van der Waals surface area contributed by atoms with Gasteiger partial charge in [-0.05, 0) is 37.1 Å². The summed E-state index contributed by atoms with van der Waals surface area (Å²) in [4.78, 5) is 23.5. The lowest BCUT2D eigenvalue weighted by Gasteiger charge is -2.11. The minimum absolute atomic E-state index is 0.0270. The molecule has 0 atom stereocenters. The number of hydrogen-bond acceptors (Lipinski definition) is 4. The minimum Gasteiger partial charge on any atom is -0.493 e. The molecule has 2 rings (SSSR count). The smallest absolute Gasteiger partial charge is 0.257 e. The van der Waals surface area contributed by atoms with Crippen LogP contribution in [0.5, 0.6) is 11.5 Å². The van der Waals surface area contributed by atoms with Gasteiger partial charge in [0.25, 0.3) is 11.5 Å². The van der Waals surface area contributed by atoms with Crippen LogP contribution in [-0.4, -0.2) is 30.7 Å². The summed E-state index contributed by atoms with van der Waals surface area (Å²) in [6, 6.07) is 10.6. The molecule has 2 aromatic rings. The van der Waals surface area contributed by atoms with E-state index in [2.05, 4.69) is 5.32 Å². The van der Waals surface area contributed by atoms with Gasteiger partial charge >= 0.3 is 0 Å². The third kappa shape index (κ3) is 5.15. The van der Waals surface area contributed by atoms with Crippen molar-refractivity contribution in [2.24, 2.45) is 0 Å². The summed E-state index contributed by atoms with van der Waals surface area (Å²) in [6.45, 7) is 2.85. The van der Waals surface area contributed by atoms with E-state index in [1.807, 2.05) is 25.1 Å². The Morgan fingerprint density at radius 2 is 1.96 bits per heavy atom. The molecule has 1 aromatic carbocycles. The first-order valence-electron chi connectivity index (χ1n) is 7.80. The molecule has 0 aliphatic carbocycles. The topological polar surface area (TPSA) is 69.6 Å². The van der Waals surface area contributed by atoms with Gasteiger partial charge in [-0.25, -0.2) is 0 Å². The van der Waals surface area contributed by atoms with Crippen molar-refractivity contribution in [3.8, 4) is 11.5 Å². The monoisotopic (exact) mass is 330 g/mol. The first kappa shape index (κ1) is 17.6. The zero-order chi connectivity index (χ0) is 17.4. The number of aromatic nitrogens is 1. The molecular weight excluding hydrogens is 308 g/mol. The molecule has 0 aliphatic heterocycles. The van der Waals surface area contributed by atoms with Gasteiger partial charge < -0.3 is 19.4 Å². The molecule has 0 bridgehead atoms. The zero-order valence-corrected chi connectivity index (χ0v) is 14.0. The fourth-order valence-corrected chi connectivity index (χ4v) is 2.20. The van der Waals surface area contributed by atoms with Crippen molar-refractivity contribution >= 4 is 5.91 Å². The highest BCUT2D eigenvalue weighted by molar-refractivity contribution is 5.77. The molecule has 0 radical (unpaired) electrons. The molecule has 24 heavy (non-hydrogen) atoms. The van der Waals surface area contributed by atoms with Crippen LogP contribution < -0.4 is 20.3 Å². The van der Waals surface area contributed by atoms with Gasteiger partial charge in [0.15, 0.2) is 18.1 Å². The van der Waals surface area contributed by atoms with E-state index in [0.717, 1.165) is 5.56 Å². The molecule has 6 heteroatoms. The van der Waals surface area contributed by atoms with E-state index >= 15 is 0 Å². The Bertz CT molecular complexity index is 740. The van der Waals surface area contributed by atoms with E-state index in [1.165, 1.54) is 0 Å². The zero-order valence-electron chi connectivity index (χ0n) is 14.0. The highest BCUT2D eigenvalue weighted by atomic mass is 16.5. The fraction of sp³-hybridized carbons (Fsp3) is 0.333. The summed E-state index contributed by atoms with van der Waals surface area (Å²) in [7, 11) is 1.55.